The fraction of sp³-hybridized carbons (Fsp3) is 0.280. The smallest absolute Gasteiger partial charge is 0.336 e. The molecule has 148 valence electrons. The number of piperidine rings is 1. The molecule has 0 bridgehead atoms. The molecule has 0 aliphatic carbocycles. The van der Waals surface area contributed by atoms with Crippen LogP contribution in [0.3, 0.4) is 0 Å². The quantitative estimate of drug-likeness (QED) is 0.655. The molecule has 1 fully saturated rings. The molecule has 4 heteroatoms. The minimum Gasteiger partial charge on any atom is -0.478 e. The van der Waals surface area contributed by atoms with Crippen LogP contribution >= 0.6 is 0 Å². The Kier molecular flexibility index (Phi) is 6.01. The van der Waals surface area contributed by atoms with Crippen molar-refractivity contribution in [2.75, 3.05) is 13.1 Å². The van der Waals surface area contributed by atoms with Crippen LogP contribution in [-0.4, -0.2) is 34.0 Å². The molecule has 1 aromatic heterocycles. The average Bonchev–Trinajstić information content (AvgIpc) is 2.75. The Hall–Kier alpha value is -2.98. The lowest BCUT2D eigenvalue weighted by molar-refractivity contribution is 0.0697. The molecule has 1 aliphatic rings. The molecule has 4 nitrogen and oxygen atoms in total. The van der Waals surface area contributed by atoms with Crippen molar-refractivity contribution in [1.82, 2.24) is 9.88 Å². The molecular weight excluding hydrogens is 360 g/mol. The number of carbonyl (C=O) groups is 1. The Balaban J connectivity index is 1.40. The van der Waals surface area contributed by atoms with Crippen LogP contribution in [0.25, 0.3) is 11.1 Å². The number of aromatic nitrogens is 1. The molecule has 0 amide bonds. The van der Waals surface area contributed by atoms with Crippen molar-refractivity contribution in [2.45, 2.75) is 25.8 Å². The van der Waals surface area contributed by atoms with E-state index in [1.54, 1.807) is 12.1 Å². The van der Waals surface area contributed by atoms with Gasteiger partial charge in [0.05, 0.1) is 5.56 Å². The van der Waals surface area contributed by atoms with Gasteiger partial charge in [0, 0.05) is 25.5 Å². The highest BCUT2D eigenvalue weighted by Gasteiger charge is 2.20. The summed E-state index contributed by atoms with van der Waals surface area (Å²) < 4.78 is 0. The number of carboxylic acids is 1. The number of rotatable bonds is 6. The van der Waals surface area contributed by atoms with E-state index in [4.69, 9.17) is 0 Å². The molecule has 0 saturated carbocycles. The highest BCUT2D eigenvalue weighted by molar-refractivity contribution is 5.95. The van der Waals surface area contributed by atoms with Gasteiger partial charge < -0.3 is 5.11 Å². The predicted molar refractivity (Wildman–Crippen MR) is 115 cm³/mol. The lowest BCUT2D eigenvalue weighted by atomic mass is 9.91. The summed E-state index contributed by atoms with van der Waals surface area (Å²) in [5.74, 6) is -0.215. The van der Waals surface area contributed by atoms with Crippen molar-refractivity contribution < 1.29 is 9.90 Å². The zero-order valence-electron chi connectivity index (χ0n) is 16.5. The predicted octanol–water partition coefficient (Wildman–Crippen LogP) is 4.90. The van der Waals surface area contributed by atoms with Crippen LogP contribution in [0.2, 0.25) is 0 Å². The first-order valence-corrected chi connectivity index (χ1v) is 10.2. The van der Waals surface area contributed by atoms with E-state index in [9.17, 15) is 9.90 Å². The monoisotopic (exact) mass is 386 g/mol. The third-order valence-corrected chi connectivity index (χ3v) is 5.68. The van der Waals surface area contributed by atoms with Gasteiger partial charge in [0.1, 0.15) is 0 Å². The summed E-state index contributed by atoms with van der Waals surface area (Å²) in [6, 6.07) is 19.7. The van der Waals surface area contributed by atoms with Gasteiger partial charge in [0.15, 0.2) is 0 Å². The highest BCUT2D eigenvalue weighted by Crippen LogP contribution is 2.26. The van der Waals surface area contributed by atoms with Crippen LogP contribution in [0, 0.1) is 5.92 Å². The molecule has 1 aliphatic heterocycles. The first kappa shape index (κ1) is 19.3. The number of nitrogens with zero attached hydrogens (tertiary/aromatic N) is 2. The summed E-state index contributed by atoms with van der Waals surface area (Å²) in [7, 11) is 0. The Morgan fingerprint density at radius 3 is 2.62 bits per heavy atom. The van der Waals surface area contributed by atoms with E-state index >= 15 is 0 Å². The number of likely N-dealkylation sites (tertiary alicyclic amines) is 1. The fourth-order valence-corrected chi connectivity index (χ4v) is 4.28. The summed E-state index contributed by atoms with van der Waals surface area (Å²) in [4.78, 5) is 18.2. The fourth-order valence-electron chi connectivity index (χ4n) is 4.28. The maximum absolute atomic E-state index is 11.5. The number of carboxylic acid groups (broad SMARTS) is 1. The molecular formula is C25H26N2O2. The average molecular weight is 386 g/mol. The van der Waals surface area contributed by atoms with E-state index in [1.807, 2.05) is 42.7 Å². The Morgan fingerprint density at radius 1 is 1.03 bits per heavy atom. The minimum absolute atomic E-state index is 0.342. The second kappa shape index (κ2) is 9.01. The third-order valence-electron chi connectivity index (χ3n) is 5.68. The van der Waals surface area contributed by atoms with Crippen LogP contribution in [0.5, 0.6) is 0 Å². The highest BCUT2D eigenvalue weighted by atomic mass is 16.4. The number of hydrogen-bond acceptors (Lipinski definition) is 3. The van der Waals surface area contributed by atoms with Gasteiger partial charge in [-0.25, -0.2) is 4.79 Å². The van der Waals surface area contributed by atoms with E-state index < -0.39 is 5.97 Å². The number of hydrogen-bond donors (Lipinski definition) is 1. The van der Waals surface area contributed by atoms with Gasteiger partial charge in [-0.3, -0.25) is 9.88 Å². The minimum atomic E-state index is -0.891. The van der Waals surface area contributed by atoms with Crippen LogP contribution in [-0.2, 0) is 13.0 Å². The zero-order chi connectivity index (χ0) is 20.1. The van der Waals surface area contributed by atoms with Crippen LogP contribution in [0.4, 0.5) is 0 Å². The summed E-state index contributed by atoms with van der Waals surface area (Å²) in [6.45, 7) is 3.18. The molecule has 3 aromatic rings. The lowest BCUT2D eigenvalue weighted by Gasteiger charge is -2.33. The molecule has 2 heterocycles. The second-order valence-corrected chi connectivity index (χ2v) is 7.86. The van der Waals surface area contributed by atoms with Gasteiger partial charge in [-0.1, -0.05) is 48.5 Å². The molecule has 4 rings (SSSR count). The molecule has 1 unspecified atom stereocenters. The van der Waals surface area contributed by atoms with E-state index in [1.165, 1.54) is 24.0 Å². The van der Waals surface area contributed by atoms with Crippen LogP contribution in [0.1, 0.15) is 34.3 Å². The lowest BCUT2D eigenvalue weighted by Crippen LogP contribution is -2.35. The van der Waals surface area contributed by atoms with E-state index in [2.05, 4.69) is 28.1 Å². The van der Waals surface area contributed by atoms with E-state index in [0.717, 1.165) is 37.2 Å². The van der Waals surface area contributed by atoms with Gasteiger partial charge in [0.2, 0.25) is 0 Å². The maximum atomic E-state index is 11.5. The summed E-state index contributed by atoms with van der Waals surface area (Å²) in [5.41, 5.74) is 4.64. The maximum Gasteiger partial charge on any atom is 0.336 e. The van der Waals surface area contributed by atoms with E-state index in [0.29, 0.717) is 11.5 Å². The van der Waals surface area contributed by atoms with Crippen molar-refractivity contribution >= 4 is 5.97 Å². The topological polar surface area (TPSA) is 53.4 Å². The molecule has 1 saturated heterocycles. The molecule has 0 radical (unpaired) electrons. The Morgan fingerprint density at radius 2 is 1.86 bits per heavy atom. The second-order valence-electron chi connectivity index (χ2n) is 7.86. The van der Waals surface area contributed by atoms with Gasteiger partial charge in [-0.05, 0) is 66.1 Å². The van der Waals surface area contributed by atoms with Crippen molar-refractivity contribution in [1.29, 1.82) is 0 Å². The van der Waals surface area contributed by atoms with Gasteiger partial charge in [0.25, 0.3) is 0 Å². The van der Waals surface area contributed by atoms with Gasteiger partial charge in [-0.15, -0.1) is 0 Å². The first-order chi connectivity index (χ1) is 14.2. The van der Waals surface area contributed by atoms with Crippen molar-refractivity contribution in [3.63, 3.8) is 0 Å². The largest absolute Gasteiger partial charge is 0.478 e. The number of pyridine rings is 1. The Labute approximate surface area is 171 Å². The van der Waals surface area contributed by atoms with Gasteiger partial charge >= 0.3 is 5.97 Å². The SMILES string of the molecule is O=C(O)c1ccccc1-c1ccc(CN2CCCC(Cc3cccnc3)C2)cc1. The van der Waals surface area contributed by atoms with Crippen LogP contribution < -0.4 is 0 Å². The van der Waals surface area contributed by atoms with Crippen molar-refractivity contribution in [3.8, 4) is 11.1 Å². The molecule has 1 N–H and O–H groups in total. The zero-order valence-corrected chi connectivity index (χ0v) is 16.5. The molecule has 29 heavy (non-hydrogen) atoms. The molecule has 0 spiro atoms. The summed E-state index contributed by atoms with van der Waals surface area (Å²) >= 11 is 0. The van der Waals surface area contributed by atoms with Crippen molar-refractivity contribution in [3.05, 3.63) is 89.7 Å². The Bertz CT molecular complexity index is 954. The first-order valence-electron chi connectivity index (χ1n) is 10.2. The number of aromatic carboxylic acids is 1. The van der Waals surface area contributed by atoms with E-state index in [-0.39, 0.29) is 0 Å². The van der Waals surface area contributed by atoms with Gasteiger partial charge in [-0.2, -0.15) is 0 Å². The molecule has 1 atom stereocenters. The third kappa shape index (κ3) is 4.90. The normalized spacial score (nSPS) is 17.2. The number of benzene rings is 2. The summed E-state index contributed by atoms with van der Waals surface area (Å²) in [6.07, 6.45) is 7.41. The molecule has 2 aromatic carbocycles. The van der Waals surface area contributed by atoms with Crippen LogP contribution in [0.15, 0.2) is 73.1 Å². The van der Waals surface area contributed by atoms with Crippen molar-refractivity contribution in [2.24, 2.45) is 5.92 Å². The standard InChI is InChI=1S/C25H26N2O2/c28-25(29)24-8-2-1-7-23(24)22-11-9-19(10-12-22)17-27-14-4-6-21(18-27)15-20-5-3-13-26-16-20/h1-3,5,7-13,16,21H,4,6,14-15,17-18H2,(H,28,29). The summed E-state index contributed by atoms with van der Waals surface area (Å²) in [5, 5.41) is 9.42.